The number of halogens is 1. The third-order valence-corrected chi connectivity index (χ3v) is 3.10. The molecule has 5 nitrogen and oxygen atoms in total. The SMILES string of the molecule is O=C(NCCOc1cccc(Br)c1)NCc1ccccn1. The van der Waals surface area contributed by atoms with Crippen LogP contribution in [0.3, 0.4) is 0 Å². The molecule has 0 unspecified atom stereocenters. The Morgan fingerprint density at radius 2 is 2.10 bits per heavy atom. The molecule has 2 N–H and O–H groups in total. The summed E-state index contributed by atoms with van der Waals surface area (Å²) in [6, 6.07) is 12.9. The van der Waals surface area contributed by atoms with Crippen LogP contribution >= 0.6 is 15.9 Å². The van der Waals surface area contributed by atoms with Crippen LogP contribution in [0.2, 0.25) is 0 Å². The standard InChI is InChI=1S/C15H16BrN3O2/c16-12-4-3-6-14(10-12)21-9-8-18-15(20)19-11-13-5-1-2-7-17-13/h1-7,10H,8-9,11H2,(H2,18,19,20). The predicted octanol–water partition coefficient (Wildman–Crippen LogP) is 2.72. The zero-order valence-corrected chi connectivity index (χ0v) is 13.0. The molecule has 0 aliphatic heterocycles. The van der Waals surface area contributed by atoms with Gasteiger partial charge in [-0.1, -0.05) is 28.1 Å². The van der Waals surface area contributed by atoms with Gasteiger partial charge in [0.15, 0.2) is 0 Å². The number of pyridine rings is 1. The van der Waals surface area contributed by atoms with Crippen molar-refractivity contribution in [3.8, 4) is 5.75 Å². The first-order chi connectivity index (χ1) is 10.2. The summed E-state index contributed by atoms with van der Waals surface area (Å²) in [6.45, 7) is 1.24. The summed E-state index contributed by atoms with van der Waals surface area (Å²) in [5, 5.41) is 5.45. The molecule has 0 aliphatic rings. The Balaban J connectivity index is 1.61. The lowest BCUT2D eigenvalue weighted by Gasteiger charge is -2.09. The van der Waals surface area contributed by atoms with Crippen LogP contribution in [-0.4, -0.2) is 24.2 Å². The number of amides is 2. The number of nitrogens with one attached hydrogen (secondary N) is 2. The van der Waals surface area contributed by atoms with E-state index in [2.05, 4.69) is 31.5 Å². The van der Waals surface area contributed by atoms with Gasteiger partial charge in [0, 0.05) is 10.7 Å². The number of urea groups is 1. The van der Waals surface area contributed by atoms with Crippen LogP contribution in [-0.2, 0) is 6.54 Å². The van der Waals surface area contributed by atoms with E-state index in [1.165, 1.54) is 0 Å². The monoisotopic (exact) mass is 349 g/mol. The van der Waals surface area contributed by atoms with Gasteiger partial charge >= 0.3 is 6.03 Å². The highest BCUT2D eigenvalue weighted by Gasteiger charge is 2.00. The molecule has 110 valence electrons. The van der Waals surface area contributed by atoms with E-state index in [9.17, 15) is 4.79 Å². The second-order valence-electron chi connectivity index (χ2n) is 4.24. The number of hydrogen-bond acceptors (Lipinski definition) is 3. The minimum absolute atomic E-state index is 0.238. The van der Waals surface area contributed by atoms with Gasteiger partial charge in [0.05, 0.1) is 18.8 Å². The third kappa shape index (κ3) is 5.83. The van der Waals surface area contributed by atoms with Gasteiger partial charge in [-0.15, -0.1) is 0 Å². The van der Waals surface area contributed by atoms with E-state index in [-0.39, 0.29) is 6.03 Å². The van der Waals surface area contributed by atoms with Gasteiger partial charge in [-0.3, -0.25) is 4.98 Å². The maximum absolute atomic E-state index is 11.6. The molecule has 2 amide bonds. The van der Waals surface area contributed by atoms with Gasteiger partial charge in [0.25, 0.3) is 0 Å². The molecule has 21 heavy (non-hydrogen) atoms. The number of aromatic nitrogens is 1. The smallest absolute Gasteiger partial charge is 0.315 e. The van der Waals surface area contributed by atoms with Crippen LogP contribution in [0.25, 0.3) is 0 Å². The first-order valence-electron chi connectivity index (χ1n) is 6.54. The van der Waals surface area contributed by atoms with Crippen molar-refractivity contribution in [1.29, 1.82) is 0 Å². The summed E-state index contributed by atoms with van der Waals surface area (Å²) >= 11 is 3.37. The highest BCUT2D eigenvalue weighted by molar-refractivity contribution is 9.10. The minimum atomic E-state index is -0.238. The Bertz CT molecular complexity index is 578. The average molecular weight is 350 g/mol. The highest BCUT2D eigenvalue weighted by atomic mass is 79.9. The topological polar surface area (TPSA) is 63.2 Å². The fourth-order valence-electron chi connectivity index (χ4n) is 1.63. The fourth-order valence-corrected chi connectivity index (χ4v) is 2.00. The minimum Gasteiger partial charge on any atom is -0.492 e. The highest BCUT2D eigenvalue weighted by Crippen LogP contribution is 2.17. The lowest BCUT2D eigenvalue weighted by atomic mass is 10.3. The summed E-state index contributed by atoms with van der Waals surface area (Å²) < 4.78 is 6.47. The van der Waals surface area contributed by atoms with E-state index in [0.29, 0.717) is 19.7 Å². The molecule has 0 radical (unpaired) electrons. The second kappa shape index (κ2) is 8.26. The van der Waals surface area contributed by atoms with Gasteiger partial charge in [-0.05, 0) is 30.3 Å². The van der Waals surface area contributed by atoms with E-state index >= 15 is 0 Å². The second-order valence-corrected chi connectivity index (χ2v) is 5.15. The largest absolute Gasteiger partial charge is 0.492 e. The van der Waals surface area contributed by atoms with E-state index in [1.807, 2.05) is 42.5 Å². The molecular weight excluding hydrogens is 334 g/mol. The van der Waals surface area contributed by atoms with Gasteiger partial charge in [0.2, 0.25) is 0 Å². The van der Waals surface area contributed by atoms with Crippen molar-refractivity contribution in [2.24, 2.45) is 0 Å². The summed E-state index contributed by atoms with van der Waals surface area (Å²) in [7, 11) is 0. The summed E-state index contributed by atoms with van der Waals surface area (Å²) in [4.78, 5) is 15.7. The van der Waals surface area contributed by atoms with Crippen molar-refractivity contribution < 1.29 is 9.53 Å². The van der Waals surface area contributed by atoms with Crippen molar-refractivity contribution in [2.45, 2.75) is 6.54 Å². The van der Waals surface area contributed by atoms with Crippen molar-refractivity contribution in [2.75, 3.05) is 13.2 Å². The Labute approximate surface area is 131 Å². The molecule has 0 saturated carbocycles. The number of benzene rings is 1. The molecule has 0 spiro atoms. The van der Waals surface area contributed by atoms with E-state index in [4.69, 9.17) is 4.74 Å². The zero-order chi connectivity index (χ0) is 14.9. The maximum Gasteiger partial charge on any atom is 0.315 e. The summed E-state index contributed by atoms with van der Waals surface area (Å²) in [6.07, 6.45) is 1.70. The van der Waals surface area contributed by atoms with Gasteiger partial charge in [0.1, 0.15) is 12.4 Å². The van der Waals surface area contributed by atoms with Gasteiger partial charge in [-0.2, -0.15) is 0 Å². The lowest BCUT2D eigenvalue weighted by molar-refractivity contribution is 0.236. The van der Waals surface area contributed by atoms with Crippen molar-refractivity contribution >= 4 is 22.0 Å². The molecular formula is C15H16BrN3O2. The number of ether oxygens (including phenoxy) is 1. The normalized spacial score (nSPS) is 9.95. The molecule has 0 bridgehead atoms. The van der Waals surface area contributed by atoms with Gasteiger partial charge < -0.3 is 15.4 Å². The van der Waals surface area contributed by atoms with Crippen LogP contribution in [0.4, 0.5) is 4.79 Å². The van der Waals surface area contributed by atoms with E-state index in [1.54, 1.807) is 6.20 Å². The first-order valence-corrected chi connectivity index (χ1v) is 7.33. The Kier molecular flexibility index (Phi) is 6.02. The van der Waals surface area contributed by atoms with E-state index < -0.39 is 0 Å². The van der Waals surface area contributed by atoms with Crippen LogP contribution in [0.5, 0.6) is 5.75 Å². The fraction of sp³-hybridized carbons (Fsp3) is 0.200. The van der Waals surface area contributed by atoms with Crippen molar-refractivity contribution in [3.63, 3.8) is 0 Å². The number of nitrogens with zero attached hydrogens (tertiary/aromatic N) is 1. The molecule has 1 aromatic carbocycles. The van der Waals surface area contributed by atoms with Crippen molar-refractivity contribution in [3.05, 3.63) is 58.8 Å². The lowest BCUT2D eigenvalue weighted by Crippen LogP contribution is -2.37. The molecule has 1 heterocycles. The number of carbonyl (C=O) groups is 1. The quantitative estimate of drug-likeness (QED) is 0.788. The van der Waals surface area contributed by atoms with Crippen LogP contribution < -0.4 is 15.4 Å². The molecule has 0 saturated heterocycles. The Hall–Kier alpha value is -2.08. The number of rotatable bonds is 6. The number of hydrogen-bond donors (Lipinski definition) is 2. The Morgan fingerprint density at radius 3 is 2.86 bits per heavy atom. The van der Waals surface area contributed by atoms with E-state index in [0.717, 1.165) is 15.9 Å². The molecule has 0 aliphatic carbocycles. The molecule has 2 rings (SSSR count). The Morgan fingerprint density at radius 1 is 1.19 bits per heavy atom. The van der Waals surface area contributed by atoms with Gasteiger partial charge in [-0.25, -0.2) is 4.79 Å². The zero-order valence-electron chi connectivity index (χ0n) is 11.4. The molecule has 0 fully saturated rings. The maximum atomic E-state index is 11.6. The summed E-state index contributed by atoms with van der Waals surface area (Å²) in [5.74, 6) is 0.764. The summed E-state index contributed by atoms with van der Waals surface area (Å²) in [5.41, 5.74) is 0.818. The van der Waals surface area contributed by atoms with Crippen LogP contribution in [0.15, 0.2) is 53.1 Å². The average Bonchev–Trinajstić information content (AvgIpc) is 2.51. The van der Waals surface area contributed by atoms with Crippen LogP contribution in [0.1, 0.15) is 5.69 Å². The van der Waals surface area contributed by atoms with Crippen molar-refractivity contribution in [1.82, 2.24) is 15.6 Å². The molecule has 0 atom stereocenters. The third-order valence-electron chi connectivity index (χ3n) is 2.61. The molecule has 1 aromatic heterocycles. The number of carbonyl (C=O) groups excluding carboxylic acids is 1. The predicted molar refractivity (Wildman–Crippen MR) is 84.1 cm³/mol. The molecule has 2 aromatic rings. The molecule has 6 heteroatoms. The first kappa shape index (κ1) is 15.3. The van der Waals surface area contributed by atoms with Crippen LogP contribution in [0, 0.1) is 0 Å².